The van der Waals surface area contributed by atoms with Gasteiger partial charge in [-0.25, -0.2) is 13.4 Å². The van der Waals surface area contributed by atoms with Crippen LogP contribution < -0.4 is 0 Å². The van der Waals surface area contributed by atoms with Crippen LogP contribution in [-0.4, -0.2) is 19.2 Å². The SMILES string of the molecule is CCS(=O)(=O)c1cc(Br)cnc1Cl. The molecule has 1 heterocycles. The van der Waals surface area contributed by atoms with E-state index < -0.39 is 9.84 Å². The topological polar surface area (TPSA) is 47.0 Å². The van der Waals surface area contributed by atoms with Gasteiger partial charge < -0.3 is 0 Å². The normalized spacial score (nSPS) is 11.6. The molecule has 0 saturated heterocycles. The van der Waals surface area contributed by atoms with Gasteiger partial charge in [-0.05, 0) is 22.0 Å². The fourth-order valence-electron chi connectivity index (χ4n) is 0.778. The van der Waals surface area contributed by atoms with Crippen LogP contribution in [0.2, 0.25) is 5.15 Å². The molecule has 72 valence electrons. The Kier molecular flexibility index (Phi) is 3.32. The van der Waals surface area contributed by atoms with Gasteiger partial charge in [0.1, 0.15) is 10.0 Å². The molecule has 1 aromatic rings. The highest BCUT2D eigenvalue weighted by molar-refractivity contribution is 9.10. The monoisotopic (exact) mass is 283 g/mol. The van der Waals surface area contributed by atoms with E-state index in [1.807, 2.05) is 0 Å². The average molecular weight is 285 g/mol. The number of halogens is 2. The van der Waals surface area contributed by atoms with Gasteiger partial charge >= 0.3 is 0 Å². The predicted molar refractivity (Wildman–Crippen MR) is 54.7 cm³/mol. The Morgan fingerprint density at radius 3 is 2.77 bits per heavy atom. The number of aromatic nitrogens is 1. The van der Waals surface area contributed by atoms with Crippen molar-refractivity contribution in [3.63, 3.8) is 0 Å². The van der Waals surface area contributed by atoms with E-state index >= 15 is 0 Å². The van der Waals surface area contributed by atoms with Crippen LogP contribution in [0.25, 0.3) is 0 Å². The Morgan fingerprint density at radius 1 is 1.62 bits per heavy atom. The zero-order valence-electron chi connectivity index (χ0n) is 6.79. The highest BCUT2D eigenvalue weighted by atomic mass is 79.9. The van der Waals surface area contributed by atoms with Crippen molar-refractivity contribution in [2.45, 2.75) is 11.8 Å². The maximum atomic E-state index is 11.4. The fraction of sp³-hybridized carbons (Fsp3) is 0.286. The van der Waals surface area contributed by atoms with Gasteiger partial charge in [-0.15, -0.1) is 0 Å². The Labute approximate surface area is 90.2 Å². The largest absolute Gasteiger partial charge is 0.242 e. The molecule has 0 aliphatic carbocycles. The summed E-state index contributed by atoms with van der Waals surface area (Å²) in [5.41, 5.74) is 0. The minimum absolute atomic E-state index is 0.0186. The van der Waals surface area contributed by atoms with Gasteiger partial charge in [0.05, 0.1) is 5.75 Å². The quantitative estimate of drug-likeness (QED) is 0.783. The molecule has 0 unspecified atom stereocenters. The highest BCUT2D eigenvalue weighted by Gasteiger charge is 2.16. The summed E-state index contributed by atoms with van der Waals surface area (Å²) in [6.45, 7) is 1.56. The molecule has 0 aliphatic rings. The van der Waals surface area contributed by atoms with Crippen molar-refractivity contribution >= 4 is 37.4 Å². The molecule has 0 fully saturated rings. The number of hydrogen-bond acceptors (Lipinski definition) is 3. The number of pyridine rings is 1. The first-order chi connectivity index (χ1) is 5.97. The van der Waals surface area contributed by atoms with Crippen molar-refractivity contribution in [2.75, 3.05) is 5.75 Å². The van der Waals surface area contributed by atoms with Crippen LogP contribution in [0.3, 0.4) is 0 Å². The maximum absolute atomic E-state index is 11.4. The lowest BCUT2D eigenvalue weighted by molar-refractivity contribution is 0.597. The van der Waals surface area contributed by atoms with Gasteiger partial charge in [-0.2, -0.15) is 0 Å². The molecular formula is C7H7BrClNO2S. The predicted octanol–water partition coefficient (Wildman–Crippen LogP) is 2.29. The van der Waals surface area contributed by atoms with Gasteiger partial charge in [0.25, 0.3) is 0 Å². The van der Waals surface area contributed by atoms with Crippen molar-refractivity contribution in [1.82, 2.24) is 4.98 Å². The zero-order chi connectivity index (χ0) is 10.1. The summed E-state index contributed by atoms with van der Waals surface area (Å²) in [6.07, 6.45) is 1.46. The van der Waals surface area contributed by atoms with E-state index in [-0.39, 0.29) is 15.8 Å². The summed E-state index contributed by atoms with van der Waals surface area (Å²) in [5, 5.41) is 0.0186. The van der Waals surface area contributed by atoms with Gasteiger partial charge in [0.2, 0.25) is 0 Å². The van der Waals surface area contributed by atoms with Gasteiger partial charge in [-0.3, -0.25) is 0 Å². The third-order valence-corrected chi connectivity index (χ3v) is 4.08. The summed E-state index contributed by atoms with van der Waals surface area (Å²) in [6, 6.07) is 1.45. The summed E-state index contributed by atoms with van der Waals surface area (Å²) >= 11 is 8.78. The lowest BCUT2D eigenvalue weighted by Gasteiger charge is -2.02. The van der Waals surface area contributed by atoms with Crippen molar-refractivity contribution in [2.24, 2.45) is 0 Å². The Hall–Kier alpha value is -0.130. The van der Waals surface area contributed by atoms with Crippen LogP contribution >= 0.6 is 27.5 Å². The molecule has 6 heteroatoms. The van der Waals surface area contributed by atoms with Crippen molar-refractivity contribution in [3.8, 4) is 0 Å². The van der Waals surface area contributed by atoms with Crippen LogP contribution in [0.4, 0.5) is 0 Å². The molecule has 0 N–H and O–H groups in total. The molecule has 0 atom stereocenters. The van der Waals surface area contributed by atoms with Crippen LogP contribution in [0.5, 0.6) is 0 Å². The van der Waals surface area contributed by atoms with E-state index in [4.69, 9.17) is 11.6 Å². The van der Waals surface area contributed by atoms with Gasteiger partial charge in [0, 0.05) is 10.7 Å². The third kappa shape index (κ3) is 2.42. The fourth-order valence-corrected chi connectivity index (χ4v) is 2.64. The Bertz CT molecular complexity index is 419. The first kappa shape index (κ1) is 10.9. The zero-order valence-corrected chi connectivity index (χ0v) is 9.95. The van der Waals surface area contributed by atoms with Crippen LogP contribution in [-0.2, 0) is 9.84 Å². The van der Waals surface area contributed by atoms with Crippen LogP contribution in [0, 0.1) is 0 Å². The number of sulfone groups is 1. The van der Waals surface area contributed by atoms with Crippen molar-refractivity contribution < 1.29 is 8.42 Å². The first-order valence-corrected chi connectivity index (χ1v) is 6.33. The van der Waals surface area contributed by atoms with Crippen LogP contribution in [0.15, 0.2) is 21.6 Å². The first-order valence-electron chi connectivity index (χ1n) is 3.51. The van der Waals surface area contributed by atoms with E-state index in [0.717, 1.165) is 0 Å². The standard InChI is InChI=1S/C7H7BrClNO2S/c1-2-13(11,12)6-3-5(8)4-10-7(6)9/h3-4H,2H2,1H3. The molecular weight excluding hydrogens is 278 g/mol. The second-order valence-corrected chi connectivity index (χ2v) is 5.87. The Balaban J connectivity index is 3.38. The molecule has 0 saturated carbocycles. The molecule has 13 heavy (non-hydrogen) atoms. The maximum Gasteiger partial charge on any atom is 0.181 e. The van der Waals surface area contributed by atoms with E-state index in [1.54, 1.807) is 6.92 Å². The smallest absolute Gasteiger partial charge is 0.181 e. The van der Waals surface area contributed by atoms with Gasteiger partial charge in [-0.1, -0.05) is 18.5 Å². The second kappa shape index (κ2) is 3.94. The summed E-state index contributed by atoms with van der Waals surface area (Å²) in [4.78, 5) is 3.81. The van der Waals surface area contributed by atoms with E-state index in [1.165, 1.54) is 12.3 Å². The molecule has 1 aromatic heterocycles. The molecule has 0 bridgehead atoms. The van der Waals surface area contributed by atoms with E-state index in [2.05, 4.69) is 20.9 Å². The highest BCUT2D eigenvalue weighted by Crippen LogP contribution is 2.23. The minimum Gasteiger partial charge on any atom is -0.242 e. The summed E-state index contributed by atoms with van der Waals surface area (Å²) in [5.74, 6) is 0.0187. The summed E-state index contributed by atoms with van der Waals surface area (Å²) < 4.78 is 23.5. The number of hydrogen-bond donors (Lipinski definition) is 0. The average Bonchev–Trinajstić information content (AvgIpc) is 2.09. The second-order valence-electron chi connectivity index (χ2n) is 2.35. The molecule has 0 radical (unpaired) electrons. The number of nitrogens with zero attached hydrogens (tertiary/aromatic N) is 1. The van der Waals surface area contributed by atoms with Crippen molar-refractivity contribution in [3.05, 3.63) is 21.9 Å². The van der Waals surface area contributed by atoms with E-state index in [0.29, 0.717) is 4.47 Å². The molecule has 0 amide bonds. The molecule has 3 nitrogen and oxygen atoms in total. The molecule has 0 aromatic carbocycles. The lowest BCUT2D eigenvalue weighted by atomic mass is 10.5. The summed E-state index contributed by atoms with van der Waals surface area (Å²) in [7, 11) is -3.28. The van der Waals surface area contributed by atoms with Crippen molar-refractivity contribution in [1.29, 1.82) is 0 Å². The third-order valence-electron chi connectivity index (χ3n) is 1.49. The molecule has 1 rings (SSSR count). The lowest BCUT2D eigenvalue weighted by Crippen LogP contribution is -2.05. The molecule has 0 spiro atoms. The minimum atomic E-state index is -3.28. The Morgan fingerprint density at radius 2 is 2.23 bits per heavy atom. The van der Waals surface area contributed by atoms with E-state index in [9.17, 15) is 8.42 Å². The number of rotatable bonds is 2. The molecule has 0 aliphatic heterocycles. The van der Waals surface area contributed by atoms with Crippen LogP contribution in [0.1, 0.15) is 6.92 Å². The van der Waals surface area contributed by atoms with Gasteiger partial charge in [0.15, 0.2) is 9.84 Å².